The first-order valence-corrected chi connectivity index (χ1v) is 12.4. The van der Waals surface area contributed by atoms with Gasteiger partial charge in [-0.2, -0.15) is 0 Å². The Bertz CT molecular complexity index is 1460. The van der Waals surface area contributed by atoms with Gasteiger partial charge in [0.25, 0.3) is 0 Å². The number of hydrogen-bond donors (Lipinski definition) is 0. The minimum atomic E-state index is -0.708. The quantitative estimate of drug-likeness (QED) is 0.319. The SMILES string of the molecule is COc1ccccc1C(=O)OC1C2c3ccccc3C(c3ccccc32)C1OC(=O)c1ccccc1C. The van der Waals surface area contributed by atoms with Crippen molar-refractivity contribution in [3.05, 3.63) is 136 Å². The van der Waals surface area contributed by atoms with Crippen molar-refractivity contribution in [1.82, 2.24) is 0 Å². The van der Waals surface area contributed by atoms with Crippen LogP contribution in [0.1, 0.15) is 60.4 Å². The Morgan fingerprint density at radius 2 is 0.973 bits per heavy atom. The molecule has 0 amide bonds. The fourth-order valence-corrected chi connectivity index (χ4v) is 5.84. The molecule has 0 saturated heterocycles. The van der Waals surface area contributed by atoms with E-state index in [4.69, 9.17) is 14.2 Å². The third kappa shape index (κ3) is 3.78. The van der Waals surface area contributed by atoms with E-state index < -0.39 is 24.1 Å². The molecule has 0 spiro atoms. The van der Waals surface area contributed by atoms with Gasteiger partial charge >= 0.3 is 11.9 Å². The molecule has 37 heavy (non-hydrogen) atoms. The molecule has 3 aliphatic rings. The number of fused-ring (bicyclic) bond motifs is 1. The van der Waals surface area contributed by atoms with Crippen LogP contribution < -0.4 is 4.74 Å². The molecule has 0 aromatic heterocycles. The van der Waals surface area contributed by atoms with E-state index in [0.29, 0.717) is 16.9 Å². The van der Waals surface area contributed by atoms with E-state index in [1.54, 1.807) is 30.3 Å². The number of ether oxygens (including phenoxy) is 3. The van der Waals surface area contributed by atoms with E-state index in [9.17, 15) is 9.59 Å². The topological polar surface area (TPSA) is 61.8 Å². The van der Waals surface area contributed by atoms with Crippen LogP contribution in [0.3, 0.4) is 0 Å². The van der Waals surface area contributed by atoms with E-state index in [1.807, 2.05) is 49.4 Å². The molecule has 2 bridgehead atoms. The lowest BCUT2D eigenvalue weighted by Crippen LogP contribution is -2.51. The molecule has 4 aromatic rings. The van der Waals surface area contributed by atoms with E-state index in [1.165, 1.54) is 7.11 Å². The molecule has 2 unspecified atom stereocenters. The normalized spacial score (nSPS) is 20.9. The Labute approximate surface area is 215 Å². The summed E-state index contributed by atoms with van der Waals surface area (Å²) in [7, 11) is 1.52. The van der Waals surface area contributed by atoms with Crippen LogP contribution >= 0.6 is 0 Å². The van der Waals surface area contributed by atoms with Gasteiger partial charge in [0.1, 0.15) is 11.3 Å². The second-order valence-corrected chi connectivity index (χ2v) is 9.47. The van der Waals surface area contributed by atoms with Crippen molar-refractivity contribution in [2.45, 2.75) is 31.0 Å². The zero-order chi connectivity index (χ0) is 25.5. The number of esters is 2. The van der Waals surface area contributed by atoms with Gasteiger partial charge in [-0.25, -0.2) is 9.59 Å². The highest BCUT2D eigenvalue weighted by molar-refractivity contribution is 5.93. The average Bonchev–Trinajstić information content (AvgIpc) is 2.94. The summed E-state index contributed by atoms with van der Waals surface area (Å²) in [6, 6.07) is 30.6. The van der Waals surface area contributed by atoms with Crippen LogP contribution in [0, 0.1) is 6.92 Å². The lowest BCUT2D eigenvalue weighted by molar-refractivity contribution is -0.0559. The van der Waals surface area contributed by atoms with Gasteiger partial charge in [-0.05, 0) is 52.9 Å². The molecule has 0 heterocycles. The van der Waals surface area contributed by atoms with E-state index >= 15 is 0 Å². The molecule has 5 nitrogen and oxygen atoms in total. The van der Waals surface area contributed by atoms with Crippen LogP contribution in [0.5, 0.6) is 5.75 Å². The second kappa shape index (κ2) is 9.25. The van der Waals surface area contributed by atoms with Crippen molar-refractivity contribution in [2.75, 3.05) is 7.11 Å². The molecule has 0 aliphatic heterocycles. The summed E-state index contributed by atoms with van der Waals surface area (Å²) in [5.41, 5.74) is 6.03. The molecular formula is C32H26O5. The van der Waals surface area contributed by atoms with Crippen LogP contribution in [-0.2, 0) is 9.47 Å². The Hall–Kier alpha value is -4.38. The molecular weight excluding hydrogens is 464 g/mol. The largest absolute Gasteiger partial charge is 0.496 e. The highest BCUT2D eigenvalue weighted by Crippen LogP contribution is 2.55. The summed E-state index contributed by atoms with van der Waals surface area (Å²) < 4.78 is 17.9. The number of carbonyl (C=O) groups is 2. The number of methoxy groups -OCH3 is 1. The fourth-order valence-electron chi connectivity index (χ4n) is 5.84. The Morgan fingerprint density at radius 1 is 0.568 bits per heavy atom. The maximum absolute atomic E-state index is 13.5. The molecule has 0 saturated carbocycles. The first kappa shape index (κ1) is 23.0. The monoisotopic (exact) mass is 490 g/mol. The summed E-state index contributed by atoms with van der Waals surface area (Å²) in [4.78, 5) is 27.0. The summed E-state index contributed by atoms with van der Waals surface area (Å²) >= 11 is 0. The van der Waals surface area contributed by atoms with Gasteiger partial charge < -0.3 is 14.2 Å². The van der Waals surface area contributed by atoms with Crippen molar-refractivity contribution in [1.29, 1.82) is 0 Å². The second-order valence-electron chi connectivity index (χ2n) is 9.47. The molecule has 0 fully saturated rings. The summed E-state index contributed by atoms with van der Waals surface area (Å²) in [5, 5.41) is 0. The maximum Gasteiger partial charge on any atom is 0.342 e. The summed E-state index contributed by atoms with van der Waals surface area (Å²) in [6.07, 6.45) is -1.40. The van der Waals surface area contributed by atoms with Crippen molar-refractivity contribution < 1.29 is 23.8 Å². The van der Waals surface area contributed by atoms with Gasteiger partial charge in [-0.15, -0.1) is 0 Å². The maximum atomic E-state index is 13.5. The standard InChI is InChI=1S/C32H26O5/c1-19-11-3-4-12-20(19)31(33)36-29-27-21-13-5-7-15-23(21)28(24-16-8-6-14-22(24)27)30(29)37-32(34)25-17-9-10-18-26(25)35-2/h3-18,27-30H,1-2H3. The van der Waals surface area contributed by atoms with Gasteiger partial charge in [0.05, 0.1) is 24.5 Å². The zero-order valence-electron chi connectivity index (χ0n) is 20.6. The lowest BCUT2D eigenvalue weighted by Gasteiger charge is -2.49. The molecule has 3 aliphatic carbocycles. The predicted molar refractivity (Wildman–Crippen MR) is 139 cm³/mol. The van der Waals surface area contributed by atoms with Gasteiger partial charge in [-0.3, -0.25) is 0 Å². The van der Waals surface area contributed by atoms with E-state index in [2.05, 4.69) is 24.3 Å². The predicted octanol–water partition coefficient (Wildman–Crippen LogP) is 6.05. The van der Waals surface area contributed by atoms with Gasteiger partial charge in [0, 0.05) is 0 Å². The third-order valence-electron chi connectivity index (χ3n) is 7.49. The minimum Gasteiger partial charge on any atom is -0.496 e. The highest BCUT2D eigenvalue weighted by Gasteiger charge is 2.53. The van der Waals surface area contributed by atoms with Gasteiger partial charge in [0.15, 0.2) is 12.2 Å². The van der Waals surface area contributed by atoms with Crippen molar-refractivity contribution in [3.8, 4) is 5.75 Å². The zero-order valence-corrected chi connectivity index (χ0v) is 20.6. The minimum absolute atomic E-state index is 0.263. The van der Waals surface area contributed by atoms with Crippen molar-refractivity contribution >= 4 is 11.9 Å². The fraction of sp³-hybridized carbons (Fsp3) is 0.188. The number of rotatable bonds is 5. The Morgan fingerprint density at radius 3 is 1.46 bits per heavy atom. The van der Waals surface area contributed by atoms with Gasteiger partial charge in [-0.1, -0.05) is 78.9 Å². The number of para-hydroxylation sites is 1. The number of aryl methyl sites for hydroxylation is 1. The number of hydrogen-bond acceptors (Lipinski definition) is 5. The van der Waals surface area contributed by atoms with Crippen LogP contribution in [0.4, 0.5) is 0 Å². The Balaban J connectivity index is 1.46. The molecule has 5 heteroatoms. The van der Waals surface area contributed by atoms with Crippen LogP contribution in [0.2, 0.25) is 0 Å². The van der Waals surface area contributed by atoms with Gasteiger partial charge in [0.2, 0.25) is 0 Å². The van der Waals surface area contributed by atoms with E-state index in [-0.39, 0.29) is 11.8 Å². The Kier molecular flexibility index (Phi) is 5.76. The third-order valence-corrected chi connectivity index (χ3v) is 7.49. The van der Waals surface area contributed by atoms with E-state index in [0.717, 1.165) is 27.8 Å². The highest BCUT2D eigenvalue weighted by atomic mass is 16.6. The van der Waals surface area contributed by atoms with Crippen molar-refractivity contribution in [2.24, 2.45) is 0 Å². The first-order valence-electron chi connectivity index (χ1n) is 12.4. The molecule has 0 N–H and O–H groups in total. The first-order chi connectivity index (χ1) is 18.1. The van der Waals surface area contributed by atoms with Crippen LogP contribution in [-0.4, -0.2) is 31.3 Å². The lowest BCUT2D eigenvalue weighted by atomic mass is 9.61. The molecule has 0 radical (unpaired) electrons. The smallest absolute Gasteiger partial charge is 0.342 e. The summed E-state index contributed by atoms with van der Waals surface area (Å²) in [5.74, 6) is -1.04. The molecule has 7 rings (SSSR count). The van der Waals surface area contributed by atoms with Crippen LogP contribution in [0.15, 0.2) is 97.1 Å². The molecule has 184 valence electrons. The average molecular weight is 491 g/mol. The summed E-state index contributed by atoms with van der Waals surface area (Å²) in [6.45, 7) is 1.88. The number of benzene rings is 4. The van der Waals surface area contributed by atoms with Crippen LogP contribution in [0.25, 0.3) is 0 Å². The molecule has 4 aromatic carbocycles. The molecule has 2 atom stereocenters. The van der Waals surface area contributed by atoms with Crippen molar-refractivity contribution in [3.63, 3.8) is 0 Å². The number of carbonyl (C=O) groups excluding carboxylic acids is 2.